The Morgan fingerprint density at radius 3 is 2.47 bits per heavy atom. The first kappa shape index (κ1) is 13.3. The van der Waals surface area contributed by atoms with Crippen LogP contribution in [0.1, 0.15) is 24.2 Å². The van der Waals surface area contributed by atoms with Crippen LogP contribution in [0, 0.1) is 5.92 Å². The molecular weight excluding hydrogens is 240 g/mol. The molecule has 0 bridgehead atoms. The number of ether oxygens (including phenoxy) is 1. The van der Waals surface area contributed by atoms with Gasteiger partial charge >= 0.3 is 5.97 Å². The number of fused-ring (bicyclic) bond motifs is 1. The van der Waals surface area contributed by atoms with Crippen LogP contribution in [0.4, 0.5) is 0 Å². The second-order valence-corrected chi connectivity index (χ2v) is 4.88. The van der Waals surface area contributed by atoms with E-state index in [2.05, 4.69) is 0 Å². The Kier molecular flexibility index (Phi) is 3.95. The summed E-state index contributed by atoms with van der Waals surface area (Å²) in [6.45, 7) is 4.21. The van der Waals surface area contributed by atoms with Crippen molar-refractivity contribution in [2.24, 2.45) is 5.92 Å². The van der Waals surface area contributed by atoms with Gasteiger partial charge in [-0.15, -0.1) is 0 Å². The fraction of sp³-hybridized carbons (Fsp3) is 0.250. The van der Waals surface area contributed by atoms with E-state index in [1.165, 1.54) is 6.07 Å². The highest BCUT2D eigenvalue weighted by molar-refractivity contribution is 5.93. The van der Waals surface area contributed by atoms with E-state index in [4.69, 9.17) is 4.74 Å². The standard InChI is InChI=1S/C16H16O3/c1-11(2)10-19-16(18)14-9-13-6-4-3-5-12(13)7-8-15(14)17/h3-9,11H,10H2,1-2H3. The van der Waals surface area contributed by atoms with Crippen molar-refractivity contribution in [1.29, 1.82) is 0 Å². The van der Waals surface area contributed by atoms with Crippen LogP contribution in [0.15, 0.2) is 47.3 Å². The molecule has 98 valence electrons. The third-order valence-electron chi connectivity index (χ3n) is 2.74. The molecule has 0 radical (unpaired) electrons. The third-order valence-corrected chi connectivity index (χ3v) is 2.74. The molecule has 2 aromatic rings. The molecule has 0 spiro atoms. The highest BCUT2D eigenvalue weighted by Crippen LogP contribution is 2.12. The lowest BCUT2D eigenvalue weighted by atomic mass is 10.1. The number of esters is 1. The lowest BCUT2D eigenvalue weighted by Gasteiger charge is -2.05. The minimum Gasteiger partial charge on any atom is -0.462 e. The maximum atomic E-state index is 11.9. The average Bonchev–Trinajstić information content (AvgIpc) is 2.56. The van der Waals surface area contributed by atoms with Crippen LogP contribution in [-0.4, -0.2) is 12.6 Å². The molecule has 2 aromatic carbocycles. The Bertz CT molecular complexity index is 659. The van der Waals surface area contributed by atoms with Crippen molar-refractivity contribution in [3.8, 4) is 0 Å². The largest absolute Gasteiger partial charge is 0.462 e. The van der Waals surface area contributed by atoms with Crippen molar-refractivity contribution >= 4 is 16.7 Å². The summed E-state index contributed by atoms with van der Waals surface area (Å²) in [5, 5.41) is 1.77. The Balaban J connectivity index is 2.45. The van der Waals surface area contributed by atoms with Gasteiger partial charge in [0, 0.05) is 0 Å². The van der Waals surface area contributed by atoms with Gasteiger partial charge in [0.25, 0.3) is 0 Å². The molecule has 3 heteroatoms. The molecule has 0 N–H and O–H groups in total. The number of rotatable bonds is 3. The van der Waals surface area contributed by atoms with Gasteiger partial charge in [-0.25, -0.2) is 4.79 Å². The second kappa shape index (κ2) is 5.65. The molecule has 2 rings (SSSR count). The molecule has 0 aliphatic heterocycles. The van der Waals surface area contributed by atoms with Crippen LogP contribution in [0.3, 0.4) is 0 Å². The first-order chi connectivity index (χ1) is 9.08. The van der Waals surface area contributed by atoms with Crippen molar-refractivity contribution in [1.82, 2.24) is 0 Å². The molecule has 0 fully saturated rings. The SMILES string of the molecule is CC(C)COC(=O)c1cc2ccccc2ccc1=O. The van der Waals surface area contributed by atoms with Gasteiger partial charge in [-0.1, -0.05) is 44.2 Å². The van der Waals surface area contributed by atoms with Crippen molar-refractivity contribution in [2.75, 3.05) is 6.61 Å². The summed E-state index contributed by atoms with van der Waals surface area (Å²) in [6, 6.07) is 12.3. The molecule has 3 nitrogen and oxygen atoms in total. The Hall–Kier alpha value is -2.16. The molecule has 0 aliphatic rings. The molecule has 0 saturated carbocycles. The lowest BCUT2D eigenvalue weighted by Crippen LogP contribution is -2.16. The summed E-state index contributed by atoms with van der Waals surface area (Å²) in [5.74, 6) is -0.312. The predicted molar refractivity (Wildman–Crippen MR) is 75.3 cm³/mol. The van der Waals surface area contributed by atoms with E-state index < -0.39 is 5.97 Å². The number of carbonyl (C=O) groups excluding carboxylic acids is 1. The fourth-order valence-electron chi connectivity index (χ4n) is 1.76. The number of benzene rings is 1. The second-order valence-electron chi connectivity index (χ2n) is 4.88. The molecule has 0 aliphatic carbocycles. The first-order valence-corrected chi connectivity index (χ1v) is 6.28. The number of carbonyl (C=O) groups is 1. The molecule has 0 saturated heterocycles. The summed E-state index contributed by atoms with van der Waals surface area (Å²) in [4.78, 5) is 23.8. The summed E-state index contributed by atoms with van der Waals surface area (Å²) in [7, 11) is 0. The molecule has 0 aromatic heterocycles. The Morgan fingerprint density at radius 2 is 1.79 bits per heavy atom. The van der Waals surface area contributed by atoms with E-state index >= 15 is 0 Å². The van der Waals surface area contributed by atoms with E-state index in [1.54, 1.807) is 12.1 Å². The van der Waals surface area contributed by atoms with E-state index in [1.807, 2.05) is 38.1 Å². The van der Waals surface area contributed by atoms with Crippen LogP contribution < -0.4 is 5.43 Å². The zero-order valence-electron chi connectivity index (χ0n) is 11.1. The predicted octanol–water partition coefficient (Wildman–Crippen LogP) is 3.01. The number of hydrogen-bond donors (Lipinski definition) is 0. The first-order valence-electron chi connectivity index (χ1n) is 6.28. The summed E-state index contributed by atoms with van der Waals surface area (Å²) >= 11 is 0. The Labute approximate surface area is 111 Å². The number of hydrogen-bond acceptors (Lipinski definition) is 3. The summed E-state index contributed by atoms with van der Waals surface area (Å²) in [6.07, 6.45) is 0. The van der Waals surface area contributed by atoms with E-state index in [0.29, 0.717) is 6.61 Å². The van der Waals surface area contributed by atoms with Crippen LogP contribution in [0.2, 0.25) is 0 Å². The van der Waals surface area contributed by atoms with E-state index in [-0.39, 0.29) is 16.9 Å². The van der Waals surface area contributed by atoms with Gasteiger partial charge in [-0.05, 0) is 28.8 Å². The van der Waals surface area contributed by atoms with Crippen LogP contribution >= 0.6 is 0 Å². The van der Waals surface area contributed by atoms with Crippen molar-refractivity contribution in [3.63, 3.8) is 0 Å². The van der Waals surface area contributed by atoms with Gasteiger partial charge in [0.1, 0.15) is 5.56 Å². The normalized spacial score (nSPS) is 10.7. The highest BCUT2D eigenvalue weighted by Gasteiger charge is 2.11. The van der Waals surface area contributed by atoms with Crippen molar-refractivity contribution < 1.29 is 9.53 Å². The van der Waals surface area contributed by atoms with Crippen LogP contribution in [-0.2, 0) is 4.74 Å². The minimum absolute atomic E-state index is 0.0850. The molecule has 0 unspecified atom stereocenters. The highest BCUT2D eigenvalue weighted by atomic mass is 16.5. The Morgan fingerprint density at radius 1 is 1.11 bits per heavy atom. The maximum Gasteiger partial charge on any atom is 0.342 e. The topological polar surface area (TPSA) is 43.4 Å². The monoisotopic (exact) mass is 256 g/mol. The maximum absolute atomic E-state index is 11.9. The van der Waals surface area contributed by atoms with Gasteiger partial charge < -0.3 is 4.74 Å². The van der Waals surface area contributed by atoms with Crippen molar-refractivity contribution in [2.45, 2.75) is 13.8 Å². The fourth-order valence-corrected chi connectivity index (χ4v) is 1.76. The molecule has 0 heterocycles. The molecular formula is C16H16O3. The van der Waals surface area contributed by atoms with Gasteiger partial charge in [0.05, 0.1) is 6.61 Å². The molecule has 19 heavy (non-hydrogen) atoms. The summed E-state index contributed by atoms with van der Waals surface area (Å²) in [5.41, 5.74) is -0.230. The summed E-state index contributed by atoms with van der Waals surface area (Å²) < 4.78 is 5.12. The van der Waals surface area contributed by atoms with E-state index in [0.717, 1.165) is 10.8 Å². The van der Waals surface area contributed by atoms with Crippen LogP contribution in [0.5, 0.6) is 0 Å². The molecule has 0 atom stereocenters. The smallest absolute Gasteiger partial charge is 0.342 e. The third kappa shape index (κ3) is 3.19. The van der Waals surface area contributed by atoms with Gasteiger partial charge in [0.15, 0.2) is 5.43 Å². The van der Waals surface area contributed by atoms with Crippen molar-refractivity contribution in [3.05, 3.63) is 58.3 Å². The van der Waals surface area contributed by atoms with Crippen LogP contribution in [0.25, 0.3) is 10.8 Å². The average molecular weight is 256 g/mol. The van der Waals surface area contributed by atoms with E-state index in [9.17, 15) is 9.59 Å². The lowest BCUT2D eigenvalue weighted by molar-refractivity contribution is 0.0458. The minimum atomic E-state index is -0.556. The zero-order valence-corrected chi connectivity index (χ0v) is 11.1. The molecule has 0 amide bonds. The zero-order chi connectivity index (χ0) is 13.8. The van der Waals surface area contributed by atoms with Gasteiger partial charge in [-0.2, -0.15) is 0 Å². The van der Waals surface area contributed by atoms with Gasteiger partial charge in [-0.3, -0.25) is 4.79 Å². The van der Waals surface area contributed by atoms with Gasteiger partial charge in [0.2, 0.25) is 0 Å². The quantitative estimate of drug-likeness (QED) is 0.793.